The van der Waals surface area contributed by atoms with E-state index < -0.39 is 5.25 Å². The van der Waals surface area contributed by atoms with Gasteiger partial charge in [-0.15, -0.1) is 0 Å². The van der Waals surface area contributed by atoms with Gasteiger partial charge in [-0.05, 0) is 44.5 Å². The first-order valence-corrected chi connectivity index (χ1v) is 11.1. The highest BCUT2D eigenvalue weighted by Gasteiger charge is 2.22. The van der Waals surface area contributed by atoms with Gasteiger partial charge in [0.25, 0.3) is 5.56 Å². The number of carbonyl (C=O) groups is 1. The Morgan fingerprint density at radius 2 is 1.97 bits per heavy atom. The third-order valence-electron chi connectivity index (χ3n) is 5.30. The van der Waals surface area contributed by atoms with E-state index >= 15 is 0 Å². The van der Waals surface area contributed by atoms with Crippen LogP contribution in [0.4, 0.5) is 5.69 Å². The molecule has 4 rings (SSSR count). The van der Waals surface area contributed by atoms with Gasteiger partial charge in [-0.25, -0.2) is 4.98 Å². The maximum Gasteiger partial charge on any atom is 0.262 e. The lowest BCUT2D eigenvalue weighted by Gasteiger charge is -2.16. The summed E-state index contributed by atoms with van der Waals surface area (Å²) in [5.74, 6) is -0.176. The number of para-hydroxylation sites is 1. The van der Waals surface area contributed by atoms with Crippen LogP contribution >= 0.6 is 11.8 Å². The number of aryl methyl sites for hydroxylation is 2. The Hall–Kier alpha value is -3.46. The minimum absolute atomic E-state index is 0.145. The molecule has 0 saturated carbocycles. The van der Waals surface area contributed by atoms with E-state index in [0.717, 1.165) is 17.0 Å². The number of aromatic nitrogens is 5. The third kappa shape index (κ3) is 4.29. The van der Waals surface area contributed by atoms with Crippen LogP contribution in [0.5, 0.6) is 0 Å². The Morgan fingerprint density at radius 1 is 1.19 bits per heavy atom. The molecule has 1 atom stereocenters. The number of thioether (sulfide) groups is 1. The van der Waals surface area contributed by atoms with Crippen molar-refractivity contribution in [3.63, 3.8) is 0 Å². The average molecular weight is 449 g/mol. The van der Waals surface area contributed by atoms with Crippen molar-refractivity contribution in [1.82, 2.24) is 24.3 Å². The fourth-order valence-corrected chi connectivity index (χ4v) is 4.35. The number of amides is 1. The number of fused-ring (bicyclic) bond motifs is 1. The van der Waals surface area contributed by atoms with Gasteiger partial charge >= 0.3 is 0 Å². The molecule has 0 radical (unpaired) electrons. The molecule has 0 aliphatic carbocycles. The number of nitrogens with one attached hydrogen (secondary N) is 1. The first-order chi connectivity index (χ1) is 15.3. The molecule has 1 aromatic carbocycles. The summed E-state index contributed by atoms with van der Waals surface area (Å²) in [6.45, 7) is 5.89. The van der Waals surface area contributed by atoms with Crippen LogP contribution in [-0.4, -0.2) is 35.5 Å². The second kappa shape index (κ2) is 8.96. The molecule has 32 heavy (non-hydrogen) atoms. The predicted octanol–water partition coefficient (Wildman–Crippen LogP) is 3.31. The predicted molar refractivity (Wildman–Crippen MR) is 126 cm³/mol. The molecule has 0 aliphatic rings. The second-order valence-electron chi connectivity index (χ2n) is 7.58. The molecule has 0 bridgehead atoms. The topological polar surface area (TPSA) is 94.7 Å². The van der Waals surface area contributed by atoms with Crippen LogP contribution in [0.15, 0.2) is 58.7 Å². The summed E-state index contributed by atoms with van der Waals surface area (Å²) in [6.07, 6.45) is 3.41. The molecule has 0 spiro atoms. The molecule has 0 fully saturated rings. The first kappa shape index (κ1) is 21.8. The van der Waals surface area contributed by atoms with Gasteiger partial charge in [-0.2, -0.15) is 5.10 Å². The maximum absolute atomic E-state index is 13.3. The van der Waals surface area contributed by atoms with E-state index in [1.165, 1.54) is 11.8 Å². The Kier molecular flexibility index (Phi) is 6.09. The van der Waals surface area contributed by atoms with Crippen molar-refractivity contribution in [2.24, 2.45) is 7.05 Å². The lowest BCUT2D eigenvalue weighted by molar-refractivity contribution is -0.115. The summed E-state index contributed by atoms with van der Waals surface area (Å²) in [5.41, 5.74) is 3.69. The quantitative estimate of drug-likeness (QED) is 0.359. The van der Waals surface area contributed by atoms with Crippen molar-refractivity contribution in [2.75, 3.05) is 5.32 Å². The molecule has 164 valence electrons. The zero-order valence-electron chi connectivity index (χ0n) is 18.4. The van der Waals surface area contributed by atoms with Crippen LogP contribution in [0.2, 0.25) is 0 Å². The molecule has 1 amide bonds. The number of pyridine rings is 1. The Morgan fingerprint density at radius 3 is 2.66 bits per heavy atom. The first-order valence-electron chi connectivity index (χ1n) is 10.2. The highest BCUT2D eigenvalue weighted by molar-refractivity contribution is 8.00. The van der Waals surface area contributed by atoms with E-state index in [2.05, 4.69) is 15.4 Å². The lowest BCUT2D eigenvalue weighted by Crippen LogP contribution is -2.27. The lowest BCUT2D eigenvalue weighted by atomic mass is 10.2. The zero-order valence-corrected chi connectivity index (χ0v) is 19.2. The van der Waals surface area contributed by atoms with Gasteiger partial charge in [0.15, 0.2) is 5.16 Å². The second-order valence-corrected chi connectivity index (χ2v) is 8.89. The summed E-state index contributed by atoms with van der Waals surface area (Å²) in [6, 6.07) is 11.0. The van der Waals surface area contributed by atoms with Crippen LogP contribution in [-0.2, 0) is 18.4 Å². The summed E-state index contributed by atoms with van der Waals surface area (Å²) in [7, 11) is 1.84. The minimum atomic E-state index is -0.484. The summed E-state index contributed by atoms with van der Waals surface area (Å²) in [4.78, 5) is 35.1. The van der Waals surface area contributed by atoms with Crippen molar-refractivity contribution < 1.29 is 4.79 Å². The van der Waals surface area contributed by atoms with Gasteiger partial charge in [-0.3, -0.25) is 23.8 Å². The van der Waals surface area contributed by atoms with E-state index in [-0.39, 0.29) is 11.5 Å². The molecule has 3 heterocycles. The molecule has 0 aliphatic heterocycles. The van der Waals surface area contributed by atoms with E-state index in [1.807, 2.05) is 51.2 Å². The van der Waals surface area contributed by atoms with Crippen LogP contribution < -0.4 is 10.9 Å². The number of benzene rings is 1. The molecule has 9 heteroatoms. The van der Waals surface area contributed by atoms with Crippen molar-refractivity contribution in [3.8, 4) is 0 Å². The number of anilines is 1. The number of rotatable bonds is 6. The Balaban J connectivity index is 1.67. The summed E-state index contributed by atoms with van der Waals surface area (Å²) in [5, 5.41) is 7.86. The van der Waals surface area contributed by atoms with Gasteiger partial charge in [0.2, 0.25) is 5.91 Å². The van der Waals surface area contributed by atoms with Gasteiger partial charge in [0.05, 0.1) is 39.8 Å². The fraction of sp³-hybridized carbons (Fsp3) is 0.261. The van der Waals surface area contributed by atoms with Gasteiger partial charge < -0.3 is 5.32 Å². The molecule has 0 saturated heterocycles. The smallest absolute Gasteiger partial charge is 0.262 e. The van der Waals surface area contributed by atoms with Crippen LogP contribution in [0.1, 0.15) is 23.9 Å². The van der Waals surface area contributed by atoms with Crippen molar-refractivity contribution in [3.05, 3.63) is 76.1 Å². The zero-order chi connectivity index (χ0) is 22.8. The number of nitrogens with zero attached hydrogens (tertiary/aromatic N) is 5. The number of carbonyl (C=O) groups excluding carboxylic acids is 1. The molecule has 1 N–H and O–H groups in total. The van der Waals surface area contributed by atoms with Crippen LogP contribution in [0.25, 0.3) is 10.9 Å². The third-order valence-corrected chi connectivity index (χ3v) is 6.39. The van der Waals surface area contributed by atoms with Gasteiger partial charge in [-0.1, -0.05) is 30.0 Å². The number of hydrogen-bond acceptors (Lipinski definition) is 6. The van der Waals surface area contributed by atoms with E-state index in [9.17, 15) is 9.59 Å². The summed E-state index contributed by atoms with van der Waals surface area (Å²) >= 11 is 1.26. The Bertz CT molecular complexity index is 1350. The minimum Gasteiger partial charge on any atom is -0.322 e. The molecular formula is C23H24N6O2S. The van der Waals surface area contributed by atoms with Gasteiger partial charge in [0, 0.05) is 19.4 Å². The SMILES string of the molecule is Cc1nn(C)c(C)c1NC(=O)C(C)Sc1nc2ccccc2c(=O)n1Cc1cccnc1. The normalized spacial score (nSPS) is 12.1. The van der Waals surface area contributed by atoms with Crippen LogP contribution in [0.3, 0.4) is 0 Å². The van der Waals surface area contributed by atoms with Crippen LogP contribution in [0, 0.1) is 13.8 Å². The van der Waals surface area contributed by atoms with Gasteiger partial charge in [0.1, 0.15) is 0 Å². The largest absolute Gasteiger partial charge is 0.322 e. The van der Waals surface area contributed by atoms with Crippen molar-refractivity contribution >= 4 is 34.3 Å². The molecule has 4 aromatic rings. The highest BCUT2D eigenvalue weighted by atomic mass is 32.2. The van der Waals surface area contributed by atoms with Crippen molar-refractivity contribution in [1.29, 1.82) is 0 Å². The molecule has 8 nitrogen and oxygen atoms in total. The Labute approximate surface area is 189 Å². The van der Waals surface area contributed by atoms with E-state index in [0.29, 0.717) is 28.3 Å². The maximum atomic E-state index is 13.3. The molecular weight excluding hydrogens is 424 g/mol. The fourth-order valence-electron chi connectivity index (χ4n) is 3.44. The monoisotopic (exact) mass is 448 g/mol. The van der Waals surface area contributed by atoms with Crippen molar-refractivity contribution in [2.45, 2.75) is 37.7 Å². The molecule has 3 aromatic heterocycles. The standard InChI is InChI=1S/C23H24N6O2S/c1-14-20(15(2)28(4)27-14)26-21(30)16(3)32-23-25-19-10-6-5-9-18(19)22(31)29(23)13-17-8-7-11-24-12-17/h5-12,16H,13H2,1-4H3,(H,26,30). The number of hydrogen-bond donors (Lipinski definition) is 1. The molecule has 1 unspecified atom stereocenters. The summed E-state index contributed by atoms with van der Waals surface area (Å²) < 4.78 is 3.34. The van der Waals surface area contributed by atoms with E-state index in [1.54, 1.807) is 34.6 Å². The van der Waals surface area contributed by atoms with E-state index in [4.69, 9.17) is 4.98 Å². The highest BCUT2D eigenvalue weighted by Crippen LogP contribution is 2.26. The average Bonchev–Trinajstić information content (AvgIpc) is 3.03.